The van der Waals surface area contributed by atoms with Crippen molar-refractivity contribution in [2.45, 2.75) is 19.4 Å². The summed E-state index contributed by atoms with van der Waals surface area (Å²) >= 11 is 11.5. The van der Waals surface area contributed by atoms with Crippen LogP contribution in [0.1, 0.15) is 17.3 Å². The average molecular weight is 367 g/mol. The van der Waals surface area contributed by atoms with Crippen LogP contribution >= 0.6 is 23.2 Å². The fraction of sp³-hybridized carbons (Fsp3) is 0.200. The minimum absolute atomic E-state index is 0.0211. The minimum atomic E-state index is -0.627. The van der Waals surface area contributed by atoms with E-state index in [1.54, 1.807) is 0 Å². The van der Waals surface area contributed by atoms with Crippen LogP contribution in [-0.4, -0.2) is 25.0 Å². The Morgan fingerprint density at radius 3 is 2.67 bits per heavy atom. The van der Waals surface area contributed by atoms with Gasteiger partial charge in [-0.3, -0.25) is 4.79 Å². The molecule has 0 aliphatic heterocycles. The van der Waals surface area contributed by atoms with E-state index >= 15 is 0 Å². The number of aromatic nitrogens is 4. The maximum Gasteiger partial charge on any atom is 0.289 e. The molecular formula is C15H12Cl2N4O3. The van der Waals surface area contributed by atoms with Crippen molar-refractivity contribution in [3.05, 3.63) is 68.1 Å². The predicted molar refractivity (Wildman–Crippen MR) is 87.4 cm³/mol. The molecule has 0 saturated carbocycles. The number of hydrogen-bond donors (Lipinski definition) is 1. The van der Waals surface area contributed by atoms with Crippen LogP contribution in [0.25, 0.3) is 0 Å². The highest BCUT2D eigenvalue weighted by atomic mass is 35.5. The highest BCUT2D eigenvalue weighted by Gasteiger charge is 2.12. The van der Waals surface area contributed by atoms with Gasteiger partial charge in [-0.05, 0) is 24.1 Å². The Labute approximate surface area is 146 Å². The summed E-state index contributed by atoms with van der Waals surface area (Å²) in [5.41, 5.74) is 0.478. The molecule has 0 saturated heterocycles. The van der Waals surface area contributed by atoms with Crippen LogP contribution in [0.15, 0.2) is 39.8 Å². The van der Waals surface area contributed by atoms with Crippen LogP contribution in [0.4, 0.5) is 0 Å². The first kappa shape index (κ1) is 16.5. The summed E-state index contributed by atoms with van der Waals surface area (Å²) in [5, 5.41) is 17.4. The second kappa shape index (κ2) is 7.02. The van der Waals surface area contributed by atoms with Crippen LogP contribution in [0, 0.1) is 0 Å². The van der Waals surface area contributed by atoms with Gasteiger partial charge in [0.25, 0.3) is 5.56 Å². The van der Waals surface area contributed by atoms with Crippen LogP contribution in [-0.2, 0) is 19.4 Å². The van der Waals surface area contributed by atoms with E-state index in [1.807, 2.05) is 24.3 Å². The molecule has 2 aromatic heterocycles. The van der Waals surface area contributed by atoms with Crippen molar-refractivity contribution in [2.24, 2.45) is 0 Å². The molecule has 0 amide bonds. The van der Waals surface area contributed by atoms with Gasteiger partial charge < -0.3 is 9.63 Å². The Hall–Kier alpha value is -2.38. The fourth-order valence-electron chi connectivity index (χ4n) is 2.06. The molecule has 0 spiro atoms. The molecular weight excluding hydrogens is 355 g/mol. The quantitative estimate of drug-likeness (QED) is 0.745. The summed E-state index contributed by atoms with van der Waals surface area (Å²) in [6.45, 7) is -0.0211. The molecule has 2 heterocycles. The molecule has 9 heteroatoms. The molecule has 3 aromatic rings. The molecule has 24 heavy (non-hydrogen) atoms. The fourth-order valence-corrected chi connectivity index (χ4v) is 2.33. The molecule has 0 bridgehead atoms. The summed E-state index contributed by atoms with van der Waals surface area (Å²) in [6, 6.07) is 7.52. The van der Waals surface area contributed by atoms with Crippen LogP contribution in [0.2, 0.25) is 10.0 Å². The van der Waals surface area contributed by atoms with Crippen molar-refractivity contribution in [1.82, 2.24) is 19.9 Å². The smallest absolute Gasteiger partial charge is 0.289 e. The van der Waals surface area contributed by atoms with E-state index in [0.29, 0.717) is 17.3 Å². The van der Waals surface area contributed by atoms with Crippen molar-refractivity contribution in [3.8, 4) is 5.75 Å². The maximum absolute atomic E-state index is 11.8. The molecule has 1 N–H and O–H groups in total. The number of aromatic hydroxyl groups is 1. The molecule has 0 radical (unpaired) electrons. The van der Waals surface area contributed by atoms with Gasteiger partial charge in [-0.1, -0.05) is 40.5 Å². The number of rotatable bonds is 5. The Morgan fingerprint density at radius 1 is 1.17 bits per heavy atom. The number of benzene rings is 1. The minimum Gasteiger partial charge on any atom is -0.505 e. The van der Waals surface area contributed by atoms with Gasteiger partial charge in [0.2, 0.25) is 5.89 Å². The Bertz CT molecular complexity index is 906. The first-order valence-electron chi connectivity index (χ1n) is 7.03. The highest BCUT2D eigenvalue weighted by Crippen LogP contribution is 2.15. The lowest BCUT2D eigenvalue weighted by Gasteiger charge is -2.01. The average Bonchev–Trinajstić information content (AvgIpc) is 3.02. The van der Waals surface area contributed by atoms with Gasteiger partial charge in [-0.2, -0.15) is 10.1 Å². The van der Waals surface area contributed by atoms with Gasteiger partial charge in [0.1, 0.15) is 6.54 Å². The molecule has 7 nitrogen and oxygen atoms in total. The third kappa shape index (κ3) is 3.74. The Kier molecular flexibility index (Phi) is 4.82. The van der Waals surface area contributed by atoms with Gasteiger partial charge in [0.15, 0.2) is 16.6 Å². The second-order valence-corrected chi connectivity index (χ2v) is 5.85. The number of aryl methyl sites for hydroxylation is 2. The second-order valence-electron chi connectivity index (χ2n) is 5.04. The standard InChI is InChI=1S/C15H12Cl2N4O3/c16-10-4-1-9(2-5-10)3-6-12-19-13(24-20-12)8-21-15(23)14(17)11(22)7-18-21/h1-2,4-5,7,22H,3,6,8H2. The molecule has 0 aliphatic carbocycles. The van der Waals surface area contributed by atoms with Crippen molar-refractivity contribution >= 4 is 23.2 Å². The Balaban J connectivity index is 1.66. The van der Waals surface area contributed by atoms with Crippen LogP contribution in [0.5, 0.6) is 5.75 Å². The molecule has 3 rings (SSSR count). The van der Waals surface area contributed by atoms with Gasteiger partial charge in [0, 0.05) is 11.4 Å². The molecule has 124 valence electrons. The maximum atomic E-state index is 11.8. The van der Waals surface area contributed by atoms with E-state index in [9.17, 15) is 9.90 Å². The van der Waals surface area contributed by atoms with E-state index in [2.05, 4.69) is 15.2 Å². The lowest BCUT2D eigenvalue weighted by Crippen LogP contribution is -2.23. The summed E-state index contributed by atoms with van der Waals surface area (Å²) in [4.78, 5) is 16.1. The van der Waals surface area contributed by atoms with Gasteiger partial charge in [-0.25, -0.2) is 4.68 Å². The first-order valence-corrected chi connectivity index (χ1v) is 7.79. The van der Waals surface area contributed by atoms with Crippen molar-refractivity contribution in [2.75, 3.05) is 0 Å². The van der Waals surface area contributed by atoms with Crippen molar-refractivity contribution in [3.63, 3.8) is 0 Å². The SMILES string of the molecule is O=c1c(Cl)c(O)cnn1Cc1nc(CCc2ccc(Cl)cc2)no1. The van der Waals surface area contributed by atoms with E-state index in [-0.39, 0.29) is 23.2 Å². The third-order valence-corrected chi connectivity index (χ3v) is 3.92. The summed E-state index contributed by atoms with van der Waals surface area (Å²) < 4.78 is 6.15. The van der Waals surface area contributed by atoms with E-state index < -0.39 is 5.56 Å². The molecule has 0 unspecified atom stereocenters. The molecule has 0 atom stereocenters. The summed E-state index contributed by atoms with van der Waals surface area (Å²) in [5.74, 6) is 0.391. The lowest BCUT2D eigenvalue weighted by molar-refractivity contribution is 0.357. The van der Waals surface area contributed by atoms with Crippen molar-refractivity contribution < 1.29 is 9.63 Å². The monoisotopic (exact) mass is 366 g/mol. The van der Waals surface area contributed by atoms with E-state index in [1.165, 1.54) is 0 Å². The van der Waals surface area contributed by atoms with Crippen molar-refractivity contribution in [1.29, 1.82) is 0 Å². The number of hydrogen-bond acceptors (Lipinski definition) is 6. The largest absolute Gasteiger partial charge is 0.505 e. The summed E-state index contributed by atoms with van der Waals surface area (Å²) in [7, 11) is 0. The molecule has 0 aliphatic rings. The first-order chi connectivity index (χ1) is 11.5. The Morgan fingerprint density at radius 2 is 1.92 bits per heavy atom. The topological polar surface area (TPSA) is 94.0 Å². The van der Waals surface area contributed by atoms with Gasteiger partial charge >= 0.3 is 0 Å². The molecule has 0 fully saturated rings. The zero-order chi connectivity index (χ0) is 17.1. The number of halogens is 2. The zero-order valence-electron chi connectivity index (χ0n) is 12.3. The van der Waals surface area contributed by atoms with Gasteiger partial charge in [0.05, 0.1) is 6.20 Å². The third-order valence-electron chi connectivity index (χ3n) is 3.31. The van der Waals surface area contributed by atoms with Crippen LogP contribution < -0.4 is 5.56 Å². The zero-order valence-corrected chi connectivity index (χ0v) is 13.8. The number of nitrogens with zero attached hydrogens (tertiary/aromatic N) is 4. The van der Waals surface area contributed by atoms with E-state index in [4.69, 9.17) is 27.7 Å². The molecule has 1 aromatic carbocycles. The lowest BCUT2D eigenvalue weighted by atomic mass is 10.1. The predicted octanol–water partition coefficient (Wildman–Crippen LogP) is 2.47. The van der Waals surface area contributed by atoms with Crippen LogP contribution in [0.3, 0.4) is 0 Å². The highest BCUT2D eigenvalue weighted by molar-refractivity contribution is 6.31. The van der Waals surface area contributed by atoms with E-state index in [0.717, 1.165) is 22.9 Å². The van der Waals surface area contributed by atoms with Gasteiger partial charge in [-0.15, -0.1) is 0 Å². The normalized spacial score (nSPS) is 10.9. The summed E-state index contributed by atoms with van der Waals surface area (Å²) in [6.07, 6.45) is 2.41.